The molecule has 0 bridgehead atoms. The number of thioether (sulfide) groups is 1. The molecule has 100 valence electrons. The van der Waals surface area contributed by atoms with E-state index in [2.05, 4.69) is 53.6 Å². The maximum absolute atomic E-state index is 4.04. The van der Waals surface area contributed by atoms with Gasteiger partial charge in [-0.25, -0.2) is 0 Å². The Hall–Kier alpha value is -1.32. The first kappa shape index (κ1) is 14.1. The van der Waals surface area contributed by atoms with Gasteiger partial charge >= 0.3 is 0 Å². The van der Waals surface area contributed by atoms with E-state index in [1.54, 1.807) is 0 Å². The minimum atomic E-state index is 0.954. The van der Waals surface area contributed by atoms with Crippen LogP contribution in [-0.4, -0.2) is 17.3 Å². The predicted molar refractivity (Wildman–Crippen MR) is 82.5 cm³/mol. The number of benzene rings is 1. The van der Waals surface area contributed by atoms with Crippen LogP contribution in [0.15, 0.2) is 53.7 Å². The zero-order chi connectivity index (χ0) is 13.3. The van der Waals surface area contributed by atoms with E-state index in [9.17, 15) is 0 Å². The van der Waals surface area contributed by atoms with Gasteiger partial charge in [-0.1, -0.05) is 19.1 Å². The van der Waals surface area contributed by atoms with Gasteiger partial charge < -0.3 is 5.32 Å². The summed E-state index contributed by atoms with van der Waals surface area (Å²) in [6.07, 6.45) is 4.80. The largest absolute Gasteiger partial charge is 0.313 e. The number of pyridine rings is 1. The fourth-order valence-electron chi connectivity index (χ4n) is 1.85. The molecule has 1 heterocycles. The van der Waals surface area contributed by atoms with Gasteiger partial charge in [0.1, 0.15) is 0 Å². The molecule has 2 nitrogen and oxygen atoms in total. The minimum Gasteiger partial charge on any atom is -0.313 e. The highest BCUT2D eigenvalue weighted by Crippen LogP contribution is 2.20. The minimum absolute atomic E-state index is 0.954. The molecule has 0 radical (unpaired) electrons. The molecule has 2 aromatic rings. The summed E-state index contributed by atoms with van der Waals surface area (Å²) < 4.78 is 0. The number of hydrogen-bond acceptors (Lipinski definition) is 3. The number of nitrogens with one attached hydrogen (secondary N) is 1. The Labute approximate surface area is 119 Å². The second kappa shape index (κ2) is 7.97. The highest BCUT2D eigenvalue weighted by atomic mass is 32.2. The van der Waals surface area contributed by atoms with Crippen LogP contribution in [0.1, 0.15) is 18.1 Å². The van der Waals surface area contributed by atoms with Crippen molar-refractivity contribution in [1.29, 1.82) is 0 Å². The molecule has 0 aliphatic carbocycles. The van der Waals surface area contributed by atoms with Gasteiger partial charge in [0, 0.05) is 29.6 Å². The van der Waals surface area contributed by atoms with E-state index in [0.29, 0.717) is 0 Å². The van der Waals surface area contributed by atoms with Crippen LogP contribution in [-0.2, 0) is 13.0 Å². The number of hydrogen-bond donors (Lipinski definition) is 1. The molecule has 19 heavy (non-hydrogen) atoms. The molecule has 0 aliphatic heterocycles. The molecule has 0 atom stereocenters. The quantitative estimate of drug-likeness (QED) is 0.781. The molecule has 0 unspecified atom stereocenters. The van der Waals surface area contributed by atoms with Gasteiger partial charge in [0.25, 0.3) is 0 Å². The first-order valence-corrected chi connectivity index (χ1v) is 7.68. The molecule has 1 aromatic heterocycles. The fourth-order valence-corrected chi connectivity index (χ4v) is 2.83. The molecular formula is C16H20N2S. The van der Waals surface area contributed by atoms with Gasteiger partial charge in [-0.05, 0) is 48.4 Å². The van der Waals surface area contributed by atoms with Gasteiger partial charge in [0.05, 0.1) is 0 Å². The molecule has 0 aliphatic rings. The van der Waals surface area contributed by atoms with Crippen molar-refractivity contribution in [3.05, 3.63) is 59.9 Å². The van der Waals surface area contributed by atoms with E-state index < -0.39 is 0 Å². The molecule has 1 aromatic carbocycles. The summed E-state index contributed by atoms with van der Waals surface area (Å²) in [6.45, 7) is 4.10. The highest BCUT2D eigenvalue weighted by molar-refractivity contribution is 7.99. The van der Waals surface area contributed by atoms with Crippen LogP contribution in [0.5, 0.6) is 0 Å². The lowest BCUT2D eigenvalue weighted by atomic mass is 10.2. The predicted octanol–water partition coefficient (Wildman–Crippen LogP) is 3.53. The molecule has 0 saturated heterocycles. The number of aromatic nitrogens is 1. The summed E-state index contributed by atoms with van der Waals surface area (Å²) in [5.41, 5.74) is 2.71. The van der Waals surface area contributed by atoms with Crippen molar-refractivity contribution >= 4 is 11.8 Å². The van der Waals surface area contributed by atoms with Crippen LogP contribution < -0.4 is 5.32 Å². The second-order valence-electron chi connectivity index (χ2n) is 4.38. The van der Waals surface area contributed by atoms with Crippen molar-refractivity contribution in [3.8, 4) is 0 Å². The van der Waals surface area contributed by atoms with E-state index in [4.69, 9.17) is 0 Å². The SMILES string of the molecule is CCNCc1cccc(SCCc2ccncc2)c1. The van der Waals surface area contributed by atoms with Crippen molar-refractivity contribution in [1.82, 2.24) is 10.3 Å². The summed E-state index contributed by atoms with van der Waals surface area (Å²) in [5, 5.41) is 3.36. The lowest BCUT2D eigenvalue weighted by Crippen LogP contribution is -2.11. The van der Waals surface area contributed by atoms with Crippen LogP contribution in [0, 0.1) is 0 Å². The van der Waals surface area contributed by atoms with Crippen LogP contribution in [0.2, 0.25) is 0 Å². The lowest BCUT2D eigenvalue weighted by molar-refractivity contribution is 0.725. The summed E-state index contributed by atoms with van der Waals surface area (Å²) >= 11 is 1.91. The lowest BCUT2D eigenvalue weighted by Gasteiger charge is -2.06. The average molecular weight is 272 g/mol. The third-order valence-electron chi connectivity index (χ3n) is 2.89. The van der Waals surface area contributed by atoms with Crippen LogP contribution in [0.3, 0.4) is 0 Å². The van der Waals surface area contributed by atoms with E-state index in [1.807, 2.05) is 24.2 Å². The zero-order valence-corrected chi connectivity index (χ0v) is 12.1. The Balaban J connectivity index is 1.82. The Kier molecular flexibility index (Phi) is 5.92. The van der Waals surface area contributed by atoms with E-state index in [-0.39, 0.29) is 0 Å². The van der Waals surface area contributed by atoms with Crippen molar-refractivity contribution in [3.63, 3.8) is 0 Å². The maximum atomic E-state index is 4.04. The fraction of sp³-hybridized carbons (Fsp3) is 0.312. The first-order valence-electron chi connectivity index (χ1n) is 6.70. The molecule has 2 rings (SSSR count). The topological polar surface area (TPSA) is 24.9 Å². The number of nitrogens with zero attached hydrogens (tertiary/aromatic N) is 1. The monoisotopic (exact) mass is 272 g/mol. The molecule has 0 amide bonds. The normalized spacial score (nSPS) is 10.6. The Bertz CT molecular complexity index is 485. The first-order chi connectivity index (χ1) is 9.38. The van der Waals surface area contributed by atoms with Gasteiger partial charge in [-0.2, -0.15) is 0 Å². The van der Waals surface area contributed by atoms with Crippen molar-refractivity contribution in [2.45, 2.75) is 24.8 Å². The molecule has 0 fully saturated rings. The summed E-state index contributed by atoms with van der Waals surface area (Å²) in [4.78, 5) is 5.39. The summed E-state index contributed by atoms with van der Waals surface area (Å²) in [7, 11) is 0. The average Bonchev–Trinajstić information content (AvgIpc) is 2.47. The summed E-state index contributed by atoms with van der Waals surface area (Å²) in [5.74, 6) is 1.11. The van der Waals surface area contributed by atoms with E-state index in [0.717, 1.165) is 25.3 Å². The van der Waals surface area contributed by atoms with Crippen LogP contribution in [0.4, 0.5) is 0 Å². The highest BCUT2D eigenvalue weighted by Gasteiger charge is 1.98. The van der Waals surface area contributed by atoms with E-state index >= 15 is 0 Å². The van der Waals surface area contributed by atoms with Gasteiger partial charge in [-0.3, -0.25) is 4.98 Å². The van der Waals surface area contributed by atoms with Crippen molar-refractivity contribution in [2.75, 3.05) is 12.3 Å². The van der Waals surface area contributed by atoms with Crippen molar-refractivity contribution in [2.24, 2.45) is 0 Å². The Morgan fingerprint density at radius 1 is 1.11 bits per heavy atom. The Morgan fingerprint density at radius 3 is 2.74 bits per heavy atom. The third-order valence-corrected chi connectivity index (χ3v) is 3.88. The zero-order valence-electron chi connectivity index (χ0n) is 11.3. The molecule has 0 saturated carbocycles. The molecule has 0 spiro atoms. The molecule has 3 heteroatoms. The summed E-state index contributed by atoms with van der Waals surface area (Å²) in [6, 6.07) is 13.0. The van der Waals surface area contributed by atoms with Crippen LogP contribution in [0.25, 0.3) is 0 Å². The van der Waals surface area contributed by atoms with Crippen molar-refractivity contribution < 1.29 is 0 Å². The maximum Gasteiger partial charge on any atom is 0.0270 e. The number of rotatable bonds is 7. The number of aryl methyl sites for hydroxylation is 1. The van der Waals surface area contributed by atoms with E-state index in [1.165, 1.54) is 16.0 Å². The van der Waals surface area contributed by atoms with Crippen LogP contribution >= 0.6 is 11.8 Å². The third kappa shape index (κ3) is 5.05. The van der Waals surface area contributed by atoms with Gasteiger partial charge in [-0.15, -0.1) is 11.8 Å². The smallest absolute Gasteiger partial charge is 0.0270 e. The van der Waals surface area contributed by atoms with Gasteiger partial charge in [0.2, 0.25) is 0 Å². The molecular weight excluding hydrogens is 252 g/mol. The van der Waals surface area contributed by atoms with Gasteiger partial charge in [0.15, 0.2) is 0 Å². The second-order valence-corrected chi connectivity index (χ2v) is 5.55. The molecule has 1 N–H and O–H groups in total. The Morgan fingerprint density at radius 2 is 1.95 bits per heavy atom. The standard InChI is InChI=1S/C16H20N2S/c1-2-17-13-15-4-3-5-16(12-15)19-11-8-14-6-9-18-10-7-14/h3-7,9-10,12,17H,2,8,11,13H2,1H3.